The van der Waals surface area contributed by atoms with Crippen LogP contribution in [0, 0.1) is 0 Å². The van der Waals surface area contributed by atoms with Crippen molar-refractivity contribution in [3.05, 3.63) is 0 Å². The Labute approximate surface area is 114 Å². The fraction of sp³-hybridized carbons (Fsp3) is 0.556. The summed E-state index contributed by atoms with van der Waals surface area (Å²) in [6.45, 7) is -0.577. The van der Waals surface area contributed by atoms with Gasteiger partial charge in [-0.25, -0.2) is 0 Å². The predicted molar refractivity (Wildman–Crippen MR) is 68.2 cm³/mol. The van der Waals surface area contributed by atoms with Crippen molar-refractivity contribution in [2.75, 3.05) is 12.3 Å². The Morgan fingerprint density at radius 2 is 1.79 bits per heavy atom. The number of nitrogens with one attached hydrogen (secondary N) is 2. The summed E-state index contributed by atoms with van der Waals surface area (Å²) in [6.07, 6.45) is -0.359. The lowest BCUT2D eigenvalue weighted by Crippen LogP contribution is -2.53. The Bertz CT molecular complexity index is 376. The van der Waals surface area contributed by atoms with E-state index in [1.54, 1.807) is 0 Å². The Balaban J connectivity index is 4.38. The van der Waals surface area contributed by atoms with Gasteiger partial charge >= 0.3 is 5.97 Å². The molecule has 108 valence electrons. The van der Waals surface area contributed by atoms with Crippen LogP contribution in [-0.4, -0.2) is 53.2 Å². The quantitative estimate of drug-likeness (QED) is 0.258. The first kappa shape index (κ1) is 17.2. The van der Waals surface area contributed by atoms with Gasteiger partial charge in [0.2, 0.25) is 17.7 Å². The largest absolute Gasteiger partial charge is 0.480 e. The lowest BCUT2D eigenvalue weighted by atomic mass is 10.2. The highest BCUT2D eigenvalue weighted by atomic mass is 32.1. The van der Waals surface area contributed by atoms with Crippen LogP contribution in [0.3, 0.4) is 0 Å². The van der Waals surface area contributed by atoms with Crippen LogP contribution in [0.15, 0.2) is 0 Å². The van der Waals surface area contributed by atoms with E-state index in [1.165, 1.54) is 0 Å². The number of aliphatic carboxylic acids is 1. The van der Waals surface area contributed by atoms with E-state index in [1.807, 2.05) is 0 Å². The summed E-state index contributed by atoms with van der Waals surface area (Å²) < 4.78 is 0. The molecule has 7 N–H and O–H groups in total. The van der Waals surface area contributed by atoms with Gasteiger partial charge in [-0.2, -0.15) is 12.6 Å². The molecule has 0 aliphatic carbocycles. The van der Waals surface area contributed by atoms with Crippen LogP contribution in [0.25, 0.3) is 0 Å². The topological polar surface area (TPSA) is 165 Å². The van der Waals surface area contributed by atoms with Crippen molar-refractivity contribution in [1.29, 1.82) is 0 Å². The molecule has 0 radical (unpaired) electrons. The summed E-state index contributed by atoms with van der Waals surface area (Å²) in [5, 5.41) is 12.7. The van der Waals surface area contributed by atoms with Crippen molar-refractivity contribution >= 4 is 36.3 Å². The van der Waals surface area contributed by atoms with Crippen molar-refractivity contribution in [1.82, 2.24) is 10.6 Å². The molecule has 0 unspecified atom stereocenters. The Morgan fingerprint density at radius 1 is 1.21 bits per heavy atom. The number of hydrogen-bond donors (Lipinski definition) is 6. The van der Waals surface area contributed by atoms with Gasteiger partial charge in [0, 0.05) is 5.75 Å². The number of nitrogens with two attached hydrogens (primary N) is 2. The number of carboxylic acids is 1. The van der Waals surface area contributed by atoms with Gasteiger partial charge in [-0.05, 0) is 0 Å². The molecule has 0 aromatic heterocycles. The molecule has 9 nitrogen and oxygen atoms in total. The molecule has 0 rings (SSSR count). The molecule has 0 spiro atoms. The van der Waals surface area contributed by atoms with Crippen molar-refractivity contribution < 1.29 is 24.3 Å². The van der Waals surface area contributed by atoms with Crippen LogP contribution in [0.4, 0.5) is 0 Å². The third kappa shape index (κ3) is 7.26. The zero-order chi connectivity index (χ0) is 15.0. The molecule has 0 aromatic rings. The summed E-state index contributed by atoms with van der Waals surface area (Å²) in [7, 11) is 0. The normalized spacial score (nSPS) is 13.2. The lowest BCUT2D eigenvalue weighted by molar-refractivity contribution is -0.138. The molecule has 0 aromatic carbocycles. The van der Waals surface area contributed by atoms with Gasteiger partial charge in [-0.15, -0.1) is 0 Å². The second kappa shape index (κ2) is 8.32. The van der Waals surface area contributed by atoms with E-state index in [-0.39, 0.29) is 12.2 Å². The average Bonchev–Trinajstić information content (AvgIpc) is 2.31. The van der Waals surface area contributed by atoms with E-state index in [0.29, 0.717) is 0 Å². The first-order chi connectivity index (χ1) is 8.77. The predicted octanol–water partition coefficient (Wildman–Crippen LogP) is -3.20. The number of carbonyl (C=O) groups excluding carboxylic acids is 3. The standard InChI is InChI=1S/C9H16N4O5S/c10-4(1-6(11)14)8(17)13-5(3-19)9(18)12-2-7(15)16/h4-5,19H,1-3,10H2,(H2,11,14)(H,12,18)(H,13,17)(H,15,16)/t4-,5-/m0/s1. The first-order valence-corrected chi connectivity index (χ1v) is 5.85. The van der Waals surface area contributed by atoms with Gasteiger partial charge in [0.25, 0.3) is 0 Å². The van der Waals surface area contributed by atoms with Gasteiger partial charge in [-0.3, -0.25) is 19.2 Å². The molecule has 19 heavy (non-hydrogen) atoms. The number of thiol groups is 1. The first-order valence-electron chi connectivity index (χ1n) is 5.22. The molecule has 2 atom stereocenters. The maximum absolute atomic E-state index is 11.5. The minimum absolute atomic E-state index is 0.0551. The maximum atomic E-state index is 11.5. The molecule has 0 saturated carbocycles. The zero-order valence-electron chi connectivity index (χ0n) is 9.96. The van der Waals surface area contributed by atoms with Crippen LogP contribution in [-0.2, 0) is 19.2 Å². The minimum atomic E-state index is -1.22. The van der Waals surface area contributed by atoms with Crippen LogP contribution in [0.5, 0.6) is 0 Å². The van der Waals surface area contributed by atoms with Gasteiger partial charge in [-0.1, -0.05) is 0 Å². The third-order valence-corrected chi connectivity index (χ3v) is 2.35. The summed E-state index contributed by atoms with van der Waals surface area (Å²) >= 11 is 3.86. The van der Waals surface area contributed by atoms with Gasteiger partial charge in [0.15, 0.2) is 0 Å². The molecular formula is C9H16N4O5S. The third-order valence-electron chi connectivity index (χ3n) is 1.99. The molecule has 0 bridgehead atoms. The highest BCUT2D eigenvalue weighted by molar-refractivity contribution is 7.80. The number of primary amides is 1. The summed E-state index contributed by atoms with van der Waals surface area (Å²) in [6, 6.07) is -2.22. The highest BCUT2D eigenvalue weighted by Crippen LogP contribution is 1.93. The monoisotopic (exact) mass is 292 g/mol. The van der Waals surface area contributed by atoms with Crippen LogP contribution in [0.2, 0.25) is 0 Å². The van der Waals surface area contributed by atoms with E-state index >= 15 is 0 Å². The molecule has 0 saturated heterocycles. The Hall–Kier alpha value is -1.81. The number of amides is 3. The van der Waals surface area contributed by atoms with E-state index < -0.39 is 42.3 Å². The van der Waals surface area contributed by atoms with Crippen molar-refractivity contribution in [3.8, 4) is 0 Å². The fourth-order valence-electron chi connectivity index (χ4n) is 1.07. The van der Waals surface area contributed by atoms with Crippen LogP contribution >= 0.6 is 12.6 Å². The van der Waals surface area contributed by atoms with Gasteiger partial charge in [0.05, 0.1) is 12.5 Å². The lowest BCUT2D eigenvalue weighted by Gasteiger charge is -2.18. The van der Waals surface area contributed by atoms with Crippen molar-refractivity contribution in [2.24, 2.45) is 11.5 Å². The molecule has 3 amide bonds. The number of carboxylic acid groups (broad SMARTS) is 1. The second-order valence-electron chi connectivity index (χ2n) is 3.63. The number of carbonyl (C=O) groups is 4. The zero-order valence-corrected chi connectivity index (χ0v) is 10.9. The molecule has 0 aliphatic rings. The van der Waals surface area contributed by atoms with Gasteiger partial charge < -0.3 is 27.2 Å². The van der Waals surface area contributed by atoms with Gasteiger partial charge in [0.1, 0.15) is 12.6 Å². The fourth-order valence-corrected chi connectivity index (χ4v) is 1.33. The van der Waals surface area contributed by atoms with Crippen LogP contribution in [0.1, 0.15) is 6.42 Å². The average molecular weight is 292 g/mol. The SMILES string of the molecule is NC(=O)C[C@H](N)C(=O)N[C@@H](CS)C(=O)NCC(=O)O. The highest BCUT2D eigenvalue weighted by Gasteiger charge is 2.23. The summed E-state index contributed by atoms with van der Waals surface area (Å²) in [4.78, 5) is 43.9. The van der Waals surface area contributed by atoms with E-state index in [0.717, 1.165) is 0 Å². The maximum Gasteiger partial charge on any atom is 0.322 e. The minimum Gasteiger partial charge on any atom is -0.480 e. The Morgan fingerprint density at radius 3 is 2.21 bits per heavy atom. The summed E-state index contributed by atoms with van der Waals surface area (Å²) in [5.41, 5.74) is 10.3. The molecular weight excluding hydrogens is 276 g/mol. The van der Waals surface area contributed by atoms with Crippen molar-refractivity contribution in [3.63, 3.8) is 0 Å². The number of rotatable bonds is 8. The Kier molecular flexibility index (Phi) is 7.53. The molecule has 0 aliphatic heterocycles. The smallest absolute Gasteiger partial charge is 0.322 e. The second-order valence-corrected chi connectivity index (χ2v) is 4.00. The number of hydrogen-bond acceptors (Lipinski definition) is 6. The summed E-state index contributed by atoms with van der Waals surface area (Å²) in [5.74, 6) is -3.48. The molecule has 0 heterocycles. The van der Waals surface area contributed by atoms with Crippen LogP contribution < -0.4 is 22.1 Å². The molecule has 0 fully saturated rings. The van der Waals surface area contributed by atoms with E-state index in [2.05, 4.69) is 23.3 Å². The van der Waals surface area contributed by atoms with E-state index in [9.17, 15) is 19.2 Å². The molecule has 10 heteroatoms. The van der Waals surface area contributed by atoms with Crippen molar-refractivity contribution in [2.45, 2.75) is 18.5 Å². The van der Waals surface area contributed by atoms with E-state index in [4.69, 9.17) is 16.6 Å².